The molecule has 0 amide bonds. The summed E-state index contributed by atoms with van der Waals surface area (Å²) in [6.07, 6.45) is -0.790. The van der Waals surface area contributed by atoms with E-state index in [0.717, 1.165) is 0 Å². The van der Waals surface area contributed by atoms with E-state index in [1.54, 1.807) is 32.4 Å². The van der Waals surface area contributed by atoms with Crippen LogP contribution in [0.15, 0.2) is 18.2 Å². The summed E-state index contributed by atoms with van der Waals surface area (Å²) in [6.45, 7) is 0.107. The number of nitrogens with two attached hydrogens (primary N) is 2. The van der Waals surface area contributed by atoms with Crippen LogP contribution in [0.1, 0.15) is 11.6 Å². The first-order valence-electron chi connectivity index (χ1n) is 4.99. The van der Waals surface area contributed by atoms with Gasteiger partial charge in [0.15, 0.2) is 0 Å². The minimum Gasteiger partial charge on any atom is -0.497 e. The highest BCUT2D eigenvalue weighted by molar-refractivity contribution is 5.42. The third kappa shape index (κ3) is 2.63. The maximum absolute atomic E-state index is 9.59. The lowest BCUT2D eigenvalue weighted by molar-refractivity contribution is 0.151. The number of ether oxygens (including phenoxy) is 2. The average Bonchev–Trinajstić information content (AvgIpc) is 2.35. The van der Waals surface area contributed by atoms with Gasteiger partial charge in [-0.1, -0.05) is 0 Å². The molecule has 0 aliphatic heterocycles. The van der Waals surface area contributed by atoms with Crippen molar-refractivity contribution >= 4 is 0 Å². The van der Waals surface area contributed by atoms with Crippen LogP contribution in [0.2, 0.25) is 0 Å². The van der Waals surface area contributed by atoms with Crippen LogP contribution in [0.4, 0.5) is 0 Å². The fraction of sp³-hybridized carbons (Fsp3) is 0.455. The number of hydrogen-bond acceptors (Lipinski definition) is 5. The van der Waals surface area contributed by atoms with Gasteiger partial charge in [-0.3, -0.25) is 0 Å². The highest BCUT2D eigenvalue weighted by atomic mass is 16.5. The molecule has 0 saturated carbocycles. The standard InChI is InChI=1S/C11H18N2O3/c1-15-7-3-4-8(10(5-7)16-2)11(13)9(14)6-12/h3-5,9,11,14H,6,12-13H2,1-2H3. The van der Waals surface area contributed by atoms with Gasteiger partial charge in [-0.25, -0.2) is 0 Å². The molecular weight excluding hydrogens is 208 g/mol. The summed E-state index contributed by atoms with van der Waals surface area (Å²) in [4.78, 5) is 0. The molecule has 5 heteroatoms. The van der Waals surface area contributed by atoms with Crippen LogP contribution in [0.3, 0.4) is 0 Å². The van der Waals surface area contributed by atoms with Crippen LogP contribution in [0, 0.1) is 0 Å². The Bertz CT molecular complexity index is 344. The van der Waals surface area contributed by atoms with Crippen molar-refractivity contribution < 1.29 is 14.6 Å². The maximum atomic E-state index is 9.59. The van der Waals surface area contributed by atoms with Crippen LogP contribution in [-0.4, -0.2) is 32.0 Å². The van der Waals surface area contributed by atoms with Crippen molar-refractivity contribution in [2.75, 3.05) is 20.8 Å². The summed E-state index contributed by atoms with van der Waals surface area (Å²) in [5.74, 6) is 1.26. The van der Waals surface area contributed by atoms with E-state index in [2.05, 4.69) is 0 Å². The Morgan fingerprint density at radius 3 is 2.50 bits per heavy atom. The first kappa shape index (κ1) is 12.8. The molecule has 1 aromatic rings. The minimum atomic E-state index is -0.790. The zero-order valence-corrected chi connectivity index (χ0v) is 9.51. The van der Waals surface area contributed by atoms with Gasteiger partial charge in [0.1, 0.15) is 11.5 Å². The van der Waals surface area contributed by atoms with Crippen molar-refractivity contribution in [1.82, 2.24) is 0 Å². The summed E-state index contributed by atoms with van der Waals surface area (Å²) < 4.78 is 10.3. The molecule has 1 aromatic carbocycles. The Morgan fingerprint density at radius 2 is 2.00 bits per heavy atom. The topological polar surface area (TPSA) is 90.7 Å². The number of methoxy groups -OCH3 is 2. The van der Waals surface area contributed by atoms with Gasteiger partial charge in [0.05, 0.1) is 26.4 Å². The van der Waals surface area contributed by atoms with Crippen LogP contribution in [-0.2, 0) is 0 Å². The van der Waals surface area contributed by atoms with E-state index in [9.17, 15) is 5.11 Å². The molecule has 2 atom stereocenters. The van der Waals surface area contributed by atoms with Crippen molar-refractivity contribution in [3.8, 4) is 11.5 Å². The number of aliphatic hydroxyl groups excluding tert-OH is 1. The fourth-order valence-corrected chi connectivity index (χ4v) is 1.45. The Hall–Kier alpha value is -1.30. The van der Waals surface area contributed by atoms with E-state index in [0.29, 0.717) is 17.1 Å². The maximum Gasteiger partial charge on any atom is 0.127 e. The molecule has 0 aromatic heterocycles. The van der Waals surface area contributed by atoms with Gasteiger partial charge in [0.2, 0.25) is 0 Å². The smallest absolute Gasteiger partial charge is 0.127 e. The van der Waals surface area contributed by atoms with E-state index >= 15 is 0 Å². The molecule has 0 fully saturated rings. The van der Waals surface area contributed by atoms with E-state index < -0.39 is 12.1 Å². The Balaban J connectivity index is 3.03. The largest absolute Gasteiger partial charge is 0.497 e. The average molecular weight is 226 g/mol. The first-order valence-corrected chi connectivity index (χ1v) is 4.99. The molecule has 5 nitrogen and oxygen atoms in total. The molecular formula is C11H18N2O3. The zero-order valence-electron chi connectivity index (χ0n) is 9.51. The van der Waals surface area contributed by atoms with E-state index in [1.807, 2.05) is 0 Å². The minimum absolute atomic E-state index is 0.107. The highest BCUT2D eigenvalue weighted by Gasteiger charge is 2.19. The van der Waals surface area contributed by atoms with Crippen molar-refractivity contribution in [3.63, 3.8) is 0 Å². The third-order valence-electron chi connectivity index (χ3n) is 2.46. The lowest BCUT2D eigenvalue weighted by atomic mass is 10.0. The van der Waals surface area contributed by atoms with Crippen molar-refractivity contribution in [1.29, 1.82) is 0 Å². The van der Waals surface area contributed by atoms with Crippen LogP contribution in [0.25, 0.3) is 0 Å². The van der Waals surface area contributed by atoms with Crippen molar-refractivity contribution in [3.05, 3.63) is 23.8 Å². The van der Waals surface area contributed by atoms with Gasteiger partial charge in [0, 0.05) is 18.2 Å². The molecule has 0 radical (unpaired) electrons. The van der Waals surface area contributed by atoms with E-state index in [4.69, 9.17) is 20.9 Å². The molecule has 0 spiro atoms. The van der Waals surface area contributed by atoms with Crippen LogP contribution >= 0.6 is 0 Å². The summed E-state index contributed by atoms with van der Waals surface area (Å²) in [7, 11) is 3.11. The summed E-state index contributed by atoms with van der Waals surface area (Å²) in [6, 6.07) is 4.69. The highest BCUT2D eigenvalue weighted by Crippen LogP contribution is 2.29. The van der Waals surface area contributed by atoms with Crippen molar-refractivity contribution in [2.45, 2.75) is 12.1 Å². The second-order valence-corrected chi connectivity index (χ2v) is 3.44. The second-order valence-electron chi connectivity index (χ2n) is 3.44. The number of benzene rings is 1. The van der Waals surface area contributed by atoms with Gasteiger partial charge in [-0.05, 0) is 12.1 Å². The Morgan fingerprint density at radius 1 is 1.31 bits per heavy atom. The summed E-state index contributed by atoms with van der Waals surface area (Å²) in [5.41, 5.74) is 11.9. The quantitative estimate of drug-likeness (QED) is 0.658. The first-order chi connectivity index (χ1) is 7.63. The molecule has 0 aliphatic carbocycles. The molecule has 0 bridgehead atoms. The van der Waals surface area contributed by atoms with Crippen LogP contribution in [0.5, 0.6) is 11.5 Å². The van der Waals surface area contributed by atoms with Gasteiger partial charge < -0.3 is 26.0 Å². The Kier molecular flexibility index (Phi) is 4.54. The summed E-state index contributed by atoms with van der Waals surface area (Å²) in [5, 5.41) is 9.59. The number of hydrogen-bond donors (Lipinski definition) is 3. The normalized spacial score (nSPS) is 14.3. The summed E-state index contributed by atoms with van der Waals surface area (Å²) >= 11 is 0. The molecule has 90 valence electrons. The van der Waals surface area contributed by atoms with Crippen LogP contribution < -0.4 is 20.9 Å². The van der Waals surface area contributed by atoms with Gasteiger partial charge in [0.25, 0.3) is 0 Å². The fourth-order valence-electron chi connectivity index (χ4n) is 1.45. The van der Waals surface area contributed by atoms with Gasteiger partial charge >= 0.3 is 0 Å². The third-order valence-corrected chi connectivity index (χ3v) is 2.46. The van der Waals surface area contributed by atoms with Gasteiger partial charge in [-0.15, -0.1) is 0 Å². The second kappa shape index (κ2) is 5.69. The SMILES string of the molecule is COc1ccc(C(N)C(O)CN)c(OC)c1. The van der Waals surface area contributed by atoms with E-state index in [1.165, 1.54) is 0 Å². The predicted molar refractivity (Wildman–Crippen MR) is 61.5 cm³/mol. The number of rotatable bonds is 5. The lowest BCUT2D eigenvalue weighted by Gasteiger charge is -2.20. The predicted octanol–water partition coefficient (Wildman–Crippen LogP) is 0.0232. The number of aliphatic hydroxyl groups is 1. The molecule has 16 heavy (non-hydrogen) atoms. The molecule has 0 heterocycles. The molecule has 0 saturated heterocycles. The van der Waals surface area contributed by atoms with Gasteiger partial charge in [-0.2, -0.15) is 0 Å². The molecule has 2 unspecified atom stereocenters. The lowest BCUT2D eigenvalue weighted by Crippen LogP contribution is -2.32. The molecule has 1 rings (SSSR count). The molecule has 5 N–H and O–H groups in total. The zero-order chi connectivity index (χ0) is 12.1. The van der Waals surface area contributed by atoms with E-state index in [-0.39, 0.29) is 6.54 Å². The Labute approximate surface area is 95.0 Å². The molecule has 0 aliphatic rings. The van der Waals surface area contributed by atoms with Crippen molar-refractivity contribution in [2.24, 2.45) is 11.5 Å². The monoisotopic (exact) mass is 226 g/mol.